The molecule has 0 aliphatic rings. The molecule has 2 aromatic heterocycles. The lowest BCUT2D eigenvalue weighted by Gasteiger charge is -2.21. The van der Waals surface area contributed by atoms with Gasteiger partial charge in [0.2, 0.25) is 0 Å². The highest BCUT2D eigenvalue weighted by molar-refractivity contribution is 5.49. The number of hydrogen-bond acceptors (Lipinski definition) is 1. The minimum atomic E-state index is 0.181. The van der Waals surface area contributed by atoms with Crippen LogP contribution < -0.4 is 4.74 Å². The first-order chi connectivity index (χ1) is 10.2. The van der Waals surface area contributed by atoms with Gasteiger partial charge in [0, 0.05) is 23.8 Å². The molecule has 0 unspecified atom stereocenters. The monoisotopic (exact) mass is 280 g/mol. The zero-order valence-corrected chi connectivity index (χ0v) is 12.6. The summed E-state index contributed by atoms with van der Waals surface area (Å²) in [5, 5.41) is 0. The van der Waals surface area contributed by atoms with Crippen LogP contribution in [0.3, 0.4) is 0 Å². The Balaban J connectivity index is 2.18. The lowest BCUT2D eigenvalue weighted by molar-refractivity contribution is 0.414. The van der Waals surface area contributed by atoms with Gasteiger partial charge in [-0.3, -0.25) is 0 Å². The second-order valence-electron chi connectivity index (χ2n) is 5.36. The van der Waals surface area contributed by atoms with Gasteiger partial charge in [-0.15, -0.1) is 0 Å². The molecule has 2 heterocycles. The molecule has 0 amide bonds. The lowest BCUT2D eigenvalue weighted by atomic mass is 9.86. The quantitative estimate of drug-likeness (QED) is 0.740. The van der Waals surface area contributed by atoms with E-state index in [1.54, 1.807) is 7.11 Å². The molecule has 0 bridgehead atoms. The zero-order chi connectivity index (χ0) is 14.8. The smallest absolute Gasteiger partial charge is 0.119 e. The fourth-order valence-electron chi connectivity index (χ4n) is 3.03. The van der Waals surface area contributed by atoms with Crippen LogP contribution in [0.25, 0.3) is 0 Å². The average Bonchev–Trinajstić information content (AvgIpc) is 3.15. The van der Waals surface area contributed by atoms with Gasteiger partial charge in [-0.2, -0.15) is 0 Å². The van der Waals surface area contributed by atoms with Gasteiger partial charge in [0.25, 0.3) is 0 Å². The van der Waals surface area contributed by atoms with Crippen LogP contribution in [0.4, 0.5) is 0 Å². The van der Waals surface area contributed by atoms with Gasteiger partial charge in [-0.05, 0) is 66.9 Å². The van der Waals surface area contributed by atoms with Crippen LogP contribution in [0.5, 0.6) is 5.75 Å². The molecule has 0 spiro atoms. The lowest BCUT2D eigenvalue weighted by Crippen LogP contribution is -2.08. The van der Waals surface area contributed by atoms with Crippen LogP contribution in [0.1, 0.15) is 34.0 Å². The van der Waals surface area contributed by atoms with Gasteiger partial charge in [0.15, 0.2) is 0 Å². The molecule has 21 heavy (non-hydrogen) atoms. The number of rotatable bonds is 4. The summed E-state index contributed by atoms with van der Waals surface area (Å²) in [4.78, 5) is 6.71. The second kappa shape index (κ2) is 5.52. The first-order valence-corrected chi connectivity index (χ1v) is 7.12. The van der Waals surface area contributed by atoms with Gasteiger partial charge in [-0.1, -0.05) is 0 Å². The summed E-state index contributed by atoms with van der Waals surface area (Å²) >= 11 is 0. The Labute approximate surface area is 125 Å². The van der Waals surface area contributed by atoms with Crippen molar-refractivity contribution in [2.45, 2.75) is 19.8 Å². The van der Waals surface area contributed by atoms with E-state index in [1.165, 1.54) is 28.1 Å². The molecule has 3 rings (SSSR count). The summed E-state index contributed by atoms with van der Waals surface area (Å²) in [5.41, 5.74) is 6.17. The number of methoxy groups -OCH3 is 1. The molecule has 3 aromatic rings. The third-order valence-electron chi connectivity index (χ3n) is 3.96. The first kappa shape index (κ1) is 13.6. The molecular formula is C18H20N2O. The predicted molar refractivity (Wildman–Crippen MR) is 85.0 cm³/mol. The number of benzene rings is 1. The molecule has 3 heteroatoms. The van der Waals surface area contributed by atoms with E-state index in [0.29, 0.717) is 0 Å². The Morgan fingerprint density at radius 1 is 0.905 bits per heavy atom. The van der Waals surface area contributed by atoms with E-state index in [9.17, 15) is 0 Å². The highest BCUT2D eigenvalue weighted by Gasteiger charge is 2.22. The first-order valence-electron chi connectivity index (χ1n) is 7.12. The molecule has 3 nitrogen and oxygen atoms in total. The van der Waals surface area contributed by atoms with Crippen LogP contribution >= 0.6 is 0 Å². The largest absolute Gasteiger partial charge is 0.497 e. The number of ether oxygens (including phenoxy) is 1. The van der Waals surface area contributed by atoms with Crippen LogP contribution in [-0.4, -0.2) is 17.1 Å². The van der Waals surface area contributed by atoms with Crippen molar-refractivity contribution >= 4 is 0 Å². The van der Waals surface area contributed by atoms with Crippen LogP contribution in [-0.2, 0) is 0 Å². The van der Waals surface area contributed by atoms with Crippen molar-refractivity contribution in [3.63, 3.8) is 0 Å². The summed E-state index contributed by atoms with van der Waals surface area (Å²) in [6.07, 6.45) is 3.94. The highest BCUT2D eigenvalue weighted by Crippen LogP contribution is 2.36. The summed E-state index contributed by atoms with van der Waals surface area (Å²) in [6.45, 7) is 4.29. The molecule has 0 aliphatic carbocycles. The Morgan fingerprint density at radius 3 is 1.81 bits per heavy atom. The van der Waals surface area contributed by atoms with Gasteiger partial charge in [-0.25, -0.2) is 0 Å². The maximum Gasteiger partial charge on any atom is 0.119 e. The van der Waals surface area contributed by atoms with E-state index in [2.05, 4.69) is 48.1 Å². The predicted octanol–water partition coefficient (Wildman–Crippen LogP) is 4.15. The number of aromatic nitrogens is 2. The molecule has 0 atom stereocenters. The molecule has 2 N–H and O–H groups in total. The Hall–Kier alpha value is -2.42. The topological polar surface area (TPSA) is 40.8 Å². The van der Waals surface area contributed by atoms with Crippen molar-refractivity contribution in [3.8, 4) is 5.75 Å². The molecule has 0 aliphatic heterocycles. The van der Waals surface area contributed by atoms with Gasteiger partial charge < -0.3 is 14.7 Å². The van der Waals surface area contributed by atoms with Gasteiger partial charge in [0.1, 0.15) is 5.75 Å². The SMILES string of the molecule is COc1cc(C)c(C(c2ccc[nH]2)c2ccc[nH]2)c(C)c1. The fraction of sp³-hybridized carbons (Fsp3) is 0.222. The number of hydrogen-bond donors (Lipinski definition) is 2. The van der Waals surface area contributed by atoms with E-state index in [0.717, 1.165) is 5.75 Å². The summed E-state index contributed by atoms with van der Waals surface area (Å²) in [6, 6.07) is 12.5. The molecule has 0 saturated heterocycles. The zero-order valence-electron chi connectivity index (χ0n) is 12.6. The van der Waals surface area contributed by atoms with Crippen molar-refractivity contribution in [2.75, 3.05) is 7.11 Å². The minimum absolute atomic E-state index is 0.181. The van der Waals surface area contributed by atoms with Crippen LogP contribution in [0, 0.1) is 13.8 Å². The van der Waals surface area contributed by atoms with E-state index in [1.807, 2.05) is 24.5 Å². The number of H-pyrrole nitrogens is 2. The third-order valence-corrected chi connectivity index (χ3v) is 3.96. The molecule has 0 saturated carbocycles. The normalized spacial score (nSPS) is 11.0. The Morgan fingerprint density at radius 2 is 1.43 bits per heavy atom. The Bertz CT molecular complexity index is 655. The van der Waals surface area contributed by atoms with Gasteiger partial charge >= 0.3 is 0 Å². The third kappa shape index (κ3) is 2.47. The van der Waals surface area contributed by atoms with Gasteiger partial charge in [0.05, 0.1) is 13.0 Å². The van der Waals surface area contributed by atoms with Crippen LogP contribution in [0.15, 0.2) is 48.8 Å². The molecule has 0 radical (unpaired) electrons. The number of aromatic amines is 2. The molecule has 1 aromatic carbocycles. The van der Waals surface area contributed by atoms with Crippen molar-refractivity contribution < 1.29 is 4.74 Å². The summed E-state index contributed by atoms with van der Waals surface area (Å²) < 4.78 is 5.38. The van der Waals surface area contributed by atoms with E-state index < -0.39 is 0 Å². The standard InChI is InChI=1S/C18H20N2O/c1-12-10-14(21-3)11-13(2)17(12)18(15-6-4-8-19-15)16-7-5-9-20-16/h4-11,18-20H,1-3H3. The molecular weight excluding hydrogens is 260 g/mol. The van der Waals surface area contributed by atoms with E-state index in [4.69, 9.17) is 4.74 Å². The van der Waals surface area contributed by atoms with Crippen molar-refractivity contribution in [3.05, 3.63) is 76.9 Å². The molecule has 0 fully saturated rings. The summed E-state index contributed by atoms with van der Waals surface area (Å²) in [7, 11) is 1.71. The minimum Gasteiger partial charge on any atom is -0.497 e. The number of aryl methyl sites for hydroxylation is 2. The van der Waals surface area contributed by atoms with E-state index >= 15 is 0 Å². The van der Waals surface area contributed by atoms with Crippen molar-refractivity contribution in [1.29, 1.82) is 0 Å². The molecule has 108 valence electrons. The fourth-order valence-corrected chi connectivity index (χ4v) is 3.03. The maximum atomic E-state index is 5.38. The van der Waals surface area contributed by atoms with Crippen molar-refractivity contribution in [1.82, 2.24) is 9.97 Å². The summed E-state index contributed by atoms with van der Waals surface area (Å²) in [5.74, 6) is 1.09. The van der Waals surface area contributed by atoms with Crippen molar-refractivity contribution in [2.24, 2.45) is 0 Å². The average molecular weight is 280 g/mol. The second-order valence-corrected chi connectivity index (χ2v) is 5.36. The van der Waals surface area contributed by atoms with E-state index in [-0.39, 0.29) is 5.92 Å². The van der Waals surface area contributed by atoms with Crippen LogP contribution in [0.2, 0.25) is 0 Å². The number of nitrogens with one attached hydrogen (secondary N) is 2. The highest BCUT2D eigenvalue weighted by atomic mass is 16.5. The maximum absolute atomic E-state index is 5.38. The Kier molecular flexibility index (Phi) is 3.57.